The predicted octanol–water partition coefficient (Wildman–Crippen LogP) is 1.48. The van der Waals surface area contributed by atoms with E-state index in [4.69, 9.17) is 5.26 Å². The number of anilines is 1. The summed E-state index contributed by atoms with van der Waals surface area (Å²) in [5.41, 5.74) is 0.870. The average Bonchev–Trinajstić information content (AvgIpc) is 3.19. The normalized spacial score (nSPS) is 11.1. The Hall–Kier alpha value is -3.56. The molecule has 0 fully saturated rings. The van der Waals surface area contributed by atoms with E-state index >= 15 is 0 Å². The molecule has 2 aromatic carbocycles. The molecule has 9 nitrogen and oxygen atoms in total. The fourth-order valence-electron chi connectivity index (χ4n) is 2.38. The van der Waals surface area contributed by atoms with Gasteiger partial charge in [-0.25, -0.2) is 9.07 Å². The Morgan fingerprint density at radius 1 is 1.11 bits per heavy atom. The molecule has 12 heteroatoms. The van der Waals surface area contributed by atoms with E-state index in [0.29, 0.717) is 11.3 Å². The van der Waals surface area contributed by atoms with Crippen LogP contribution in [0.4, 0.5) is 14.5 Å². The van der Waals surface area contributed by atoms with Crippen LogP contribution in [0, 0.1) is 23.0 Å². The Balaban J connectivity index is 1.97. The quantitative estimate of drug-likeness (QED) is 0.657. The molecule has 0 bridgehead atoms. The molecule has 2 N–H and O–H groups in total. The molecule has 1 heterocycles. The van der Waals surface area contributed by atoms with E-state index in [2.05, 4.69) is 19.5 Å². The molecule has 1 aromatic heterocycles. The third kappa shape index (κ3) is 4.22. The minimum atomic E-state index is -4.50. The van der Waals surface area contributed by atoms with Crippen molar-refractivity contribution < 1.29 is 21.4 Å². The summed E-state index contributed by atoms with van der Waals surface area (Å²) < 4.78 is 56.2. The summed E-state index contributed by atoms with van der Waals surface area (Å²) in [6, 6.07) is 10.5. The lowest BCUT2D eigenvalue weighted by Crippen LogP contribution is -2.28. The fraction of sp³-hybridized carbons (Fsp3) is 0.0625. The van der Waals surface area contributed by atoms with Gasteiger partial charge in [0.25, 0.3) is 0 Å². The van der Waals surface area contributed by atoms with Gasteiger partial charge < -0.3 is 4.18 Å². The van der Waals surface area contributed by atoms with Crippen molar-refractivity contribution in [1.82, 2.24) is 14.9 Å². The first kappa shape index (κ1) is 19.2. The lowest BCUT2D eigenvalue weighted by molar-refractivity contribution is 0.433. The number of aromatic nitrogens is 3. The number of benzene rings is 2. The Labute approximate surface area is 158 Å². The lowest BCUT2D eigenvalue weighted by atomic mass is 10.1. The van der Waals surface area contributed by atoms with Gasteiger partial charge in [-0.3, -0.25) is 5.01 Å². The number of nitriles is 1. The van der Waals surface area contributed by atoms with Gasteiger partial charge in [0.1, 0.15) is 12.7 Å². The molecule has 3 rings (SSSR count). The second kappa shape index (κ2) is 7.59. The van der Waals surface area contributed by atoms with Gasteiger partial charge in [-0.2, -0.15) is 23.2 Å². The van der Waals surface area contributed by atoms with Crippen molar-refractivity contribution in [3.8, 4) is 11.8 Å². The summed E-state index contributed by atoms with van der Waals surface area (Å²) in [6.45, 7) is -0.164. The van der Waals surface area contributed by atoms with E-state index in [1.807, 2.05) is 6.07 Å². The summed E-state index contributed by atoms with van der Waals surface area (Å²) in [6.07, 6.45) is 2.70. The molecule has 0 spiro atoms. The molecule has 0 aliphatic carbocycles. The second-order valence-corrected chi connectivity index (χ2v) is 6.64. The van der Waals surface area contributed by atoms with Crippen LogP contribution in [0.1, 0.15) is 11.1 Å². The molecule has 0 atom stereocenters. The van der Waals surface area contributed by atoms with Gasteiger partial charge in [0.2, 0.25) is 5.82 Å². The van der Waals surface area contributed by atoms with E-state index in [9.17, 15) is 17.2 Å². The van der Waals surface area contributed by atoms with Gasteiger partial charge >= 0.3 is 10.3 Å². The molecule has 28 heavy (non-hydrogen) atoms. The summed E-state index contributed by atoms with van der Waals surface area (Å²) >= 11 is 0. The highest BCUT2D eigenvalue weighted by atomic mass is 32.2. The van der Waals surface area contributed by atoms with Crippen LogP contribution in [0.25, 0.3) is 0 Å². The van der Waals surface area contributed by atoms with Crippen molar-refractivity contribution in [2.45, 2.75) is 6.54 Å². The lowest BCUT2D eigenvalue weighted by Gasteiger charge is -2.25. The Morgan fingerprint density at radius 3 is 2.32 bits per heavy atom. The molecule has 0 saturated heterocycles. The first-order valence-electron chi connectivity index (χ1n) is 7.60. The first-order valence-corrected chi connectivity index (χ1v) is 9.07. The Morgan fingerprint density at radius 2 is 1.75 bits per heavy atom. The smallest absolute Gasteiger partial charge is 0.368 e. The van der Waals surface area contributed by atoms with E-state index < -0.39 is 27.7 Å². The molecular formula is C16H12F2N6O3S. The highest BCUT2D eigenvalue weighted by molar-refractivity contribution is 7.84. The van der Waals surface area contributed by atoms with Gasteiger partial charge in [0.05, 0.1) is 23.9 Å². The number of halogens is 2. The van der Waals surface area contributed by atoms with Crippen LogP contribution in [-0.4, -0.2) is 23.3 Å². The van der Waals surface area contributed by atoms with Crippen molar-refractivity contribution in [3.63, 3.8) is 0 Å². The summed E-state index contributed by atoms with van der Waals surface area (Å²) in [4.78, 5) is 0. The van der Waals surface area contributed by atoms with Crippen molar-refractivity contribution in [2.75, 3.05) is 5.01 Å². The number of hydrogen-bond acceptors (Lipinski definition) is 7. The summed E-state index contributed by atoms with van der Waals surface area (Å²) in [5.74, 6) is -3.64. The van der Waals surface area contributed by atoms with E-state index in [1.54, 1.807) is 24.3 Å². The van der Waals surface area contributed by atoms with Crippen LogP contribution in [0.2, 0.25) is 0 Å². The summed E-state index contributed by atoms with van der Waals surface area (Å²) in [7, 11) is -4.50. The third-order valence-electron chi connectivity index (χ3n) is 3.63. The molecule has 144 valence electrons. The Kier molecular flexibility index (Phi) is 5.21. The van der Waals surface area contributed by atoms with E-state index in [-0.39, 0.29) is 12.1 Å². The Bertz CT molecular complexity index is 1130. The maximum absolute atomic E-state index is 14.5. The van der Waals surface area contributed by atoms with Crippen LogP contribution in [0.15, 0.2) is 49.1 Å². The molecule has 0 unspecified atom stereocenters. The zero-order valence-corrected chi connectivity index (χ0v) is 14.8. The molecule has 3 aromatic rings. The largest absolute Gasteiger partial charge is 0.380 e. The van der Waals surface area contributed by atoms with Gasteiger partial charge in [-0.05, 0) is 30.3 Å². The van der Waals surface area contributed by atoms with Crippen LogP contribution >= 0.6 is 0 Å². The summed E-state index contributed by atoms with van der Waals surface area (Å²) in [5, 5.41) is 22.5. The highest BCUT2D eigenvalue weighted by Gasteiger charge is 2.20. The van der Waals surface area contributed by atoms with E-state index in [1.165, 1.54) is 28.4 Å². The van der Waals surface area contributed by atoms with Crippen LogP contribution in [0.5, 0.6) is 5.75 Å². The zero-order valence-electron chi connectivity index (χ0n) is 14.0. The molecule has 0 radical (unpaired) electrons. The molecule has 0 aliphatic rings. The first-order chi connectivity index (χ1) is 13.3. The zero-order chi connectivity index (χ0) is 20.3. The molecule has 0 aliphatic heterocycles. The van der Waals surface area contributed by atoms with E-state index in [0.717, 1.165) is 6.07 Å². The maximum Gasteiger partial charge on any atom is 0.380 e. The van der Waals surface area contributed by atoms with Crippen molar-refractivity contribution in [1.29, 1.82) is 5.26 Å². The van der Waals surface area contributed by atoms with Crippen molar-refractivity contribution >= 4 is 16.0 Å². The standard InChI is InChI=1S/C16H12F2N6O3S/c17-15-12(3-6-14(16(15)18)27-28(20,25)26)8-24(23-9-21-22-10-23)13-4-1-11(7-19)2-5-13/h1-6,9-10H,8H2,(H2,20,25,26). The SMILES string of the molecule is N#Cc1ccc(N(Cc2ccc(OS(N)(=O)=O)c(F)c2F)n2cnnc2)cc1. The van der Waals surface area contributed by atoms with Crippen molar-refractivity contribution in [3.05, 3.63) is 71.8 Å². The highest BCUT2D eigenvalue weighted by Crippen LogP contribution is 2.26. The monoisotopic (exact) mass is 406 g/mol. The third-order valence-corrected chi connectivity index (χ3v) is 4.04. The minimum Gasteiger partial charge on any atom is -0.368 e. The second-order valence-electron chi connectivity index (χ2n) is 5.49. The molecule has 0 saturated carbocycles. The maximum atomic E-state index is 14.5. The van der Waals surface area contributed by atoms with Crippen LogP contribution in [0.3, 0.4) is 0 Å². The van der Waals surface area contributed by atoms with Crippen LogP contribution in [-0.2, 0) is 16.8 Å². The predicted molar refractivity (Wildman–Crippen MR) is 92.9 cm³/mol. The minimum absolute atomic E-state index is 0.0997. The number of nitrogens with two attached hydrogens (primary N) is 1. The number of rotatable bonds is 6. The average molecular weight is 406 g/mol. The topological polar surface area (TPSA) is 127 Å². The van der Waals surface area contributed by atoms with Crippen LogP contribution < -0.4 is 14.3 Å². The molecular weight excluding hydrogens is 394 g/mol. The molecule has 0 amide bonds. The van der Waals surface area contributed by atoms with Gasteiger partial charge in [-0.1, -0.05) is 6.07 Å². The van der Waals surface area contributed by atoms with Gasteiger partial charge in [-0.15, -0.1) is 10.2 Å². The van der Waals surface area contributed by atoms with Gasteiger partial charge in [0.15, 0.2) is 11.6 Å². The van der Waals surface area contributed by atoms with Gasteiger partial charge in [0, 0.05) is 5.56 Å². The fourth-order valence-corrected chi connectivity index (χ4v) is 2.76. The number of hydrogen-bond donors (Lipinski definition) is 1. The van der Waals surface area contributed by atoms with Crippen molar-refractivity contribution in [2.24, 2.45) is 5.14 Å². The number of nitrogens with zero attached hydrogens (tertiary/aromatic N) is 5.